The number of likely N-dealkylation sites (tertiary alicyclic amines) is 1. The molecule has 33 heavy (non-hydrogen) atoms. The Morgan fingerprint density at radius 3 is 2.52 bits per heavy atom. The smallest absolute Gasteiger partial charge is 0.228 e. The van der Waals surface area contributed by atoms with E-state index in [-0.39, 0.29) is 17.7 Å². The fourth-order valence-electron chi connectivity index (χ4n) is 4.62. The van der Waals surface area contributed by atoms with Crippen molar-refractivity contribution in [2.75, 3.05) is 64.8 Å². The monoisotopic (exact) mass is 450 g/mol. The summed E-state index contributed by atoms with van der Waals surface area (Å²) in [4.78, 5) is 42.8. The number of rotatable bonds is 7. The second-order valence-corrected chi connectivity index (χ2v) is 9.23. The van der Waals surface area contributed by atoms with Gasteiger partial charge in [0.15, 0.2) is 0 Å². The van der Waals surface area contributed by atoms with Crippen LogP contribution in [0.3, 0.4) is 0 Å². The maximum absolute atomic E-state index is 13.1. The van der Waals surface area contributed by atoms with Crippen LogP contribution in [0, 0.1) is 12.8 Å². The van der Waals surface area contributed by atoms with Crippen molar-refractivity contribution >= 4 is 17.6 Å². The minimum atomic E-state index is -0.214. The summed E-state index contributed by atoms with van der Waals surface area (Å²) in [6.07, 6.45) is 1.27. The molecule has 8 nitrogen and oxygen atoms in total. The average Bonchev–Trinajstić information content (AvgIpc) is 3.19. The lowest BCUT2D eigenvalue weighted by molar-refractivity contribution is -0.136. The number of aromatic nitrogens is 2. The minimum Gasteiger partial charge on any atom is -0.353 e. The van der Waals surface area contributed by atoms with E-state index >= 15 is 0 Å². The van der Waals surface area contributed by atoms with Crippen molar-refractivity contribution in [3.05, 3.63) is 42.2 Å². The zero-order valence-corrected chi connectivity index (χ0v) is 19.9. The molecule has 0 radical (unpaired) electrons. The lowest BCUT2D eigenvalue weighted by atomic mass is 10.1. The van der Waals surface area contributed by atoms with Crippen LogP contribution in [0.2, 0.25) is 0 Å². The summed E-state index contributed by atoms with van der Waals surface area (Å²) < 4.78 is 0. The van der Waals surface area contributed by atoms with Gasteiger partial charge in [0.25, 0.3) is 0 Å². The molecular formula is C25H34N6O2. The van der Waals surface area contributed by atoms with E-state index in [2.05, 4.69) is 31.9 Å². The molecule has 4 rings (SSSR count). The highest BCUT2D eigenvalue weighted by molar-refractivity contribution is 5.89. The van der Waals surface area contributed by atoms with E-state index in [1.165, 1.54) is 0 Å². The number of carbonyl (C=O) groups is 2. The maximum Gasteiger partial charge on any atom is 0.228 e. The van der Waals surface area contributed by atoms with Gasteiger partial charge in [0, 0.05) is 57.3 Å². The van der Waals surface area contributed by atoms with Gasteiger partial charge in [-0.05, 0) is 34.0 Å². The lowest BCUT2D eigenvalue weighted by Crippen LogP contribution is -2.51. The number of anilines is 1. The quantitative estimate of drug-likeness (QED) is 0.642. The van der Waals surface area contributed by atoms with Crippen molar-refractivity contribution in [1.82, 2.24) is 24.7 Å². The van der Waals surface area contributed by atoms with Crippen molar-refractivity contribution in [2.24, 2.45) is 5.92 Å². The van der Waals surface area contributed by atoms with E-state index in [4.69, 9.17) is 0 Å². The molecule has 2 aromatic rings. The zero-order chi connectivity index (χ0) is 23.4. The Morgan fingerprint density at radius 1 is 1.09 bits per heavy atom. The summed E-state index contributed by atoms with van der Waals surface area (Å²) in [7, 11) is 4.06. The van der Waals surface area contributed by atoms with Gasteiger partial charge in [-0.3, -0.25) is 9.59 Å². The van der Waals surface area contributed by atoms with E-state index in [9.17, 15) is 9.59 Å². The fourth-order valence-corrected chi connectivity index (χ4v) is 4.62. The summed E-state index contributed by atoms with van der Waals surface area (Å²) in [5.41, 5.74) is 1.98. The van der Waals surface area contributed by atoms with Gasteiger partial charge < -0.3 is 19.6 Å². The SMILES string of the molecule is Cc1nc(-c2ccccc2)cc(N2CCN(C(=O)C3CC(=O)N(CCCN(C)C)C3)CC2)n1. The Balaban J connectivity index is 1.33. The molecule has 1 aromatic carbocycles. The number of amides is 2. The molecule has 2 fully saturated rings. The molecule has 0 spiro atoms. The van der Waals surface area contributed by atoms with Gasteiger partial charge in [0.2, 0.25) is 11.8 Å². The van der Waals surface area contributed by atoms with E-state index < -0.39 is 0 Å². The van der Waals surface area contributed by atoms with Crippen LogP contribution < -0.4 is 4.90 Å². The maximum atomic E-state index is 13.1. The first-order valence-corrected chi connectivity index (χ1v) is 11.8. The molecule has 176 valence electrons. The lowest BCUT2D eigenvalue weighted by Gasteiger charge is -2.36. The Bertz CT molecular complexity index is 972. The summed E-state index contributed by atoms with van der Waals surface area (Å²) in [6.45, 7) is 6.88. The second kappa shape index (κ2) is 10.3. The van der Waals surface area contributed by atoms with Gasteiger partial charge in [-0.15, -0.1) is 0 Å². The van der Waals surface area contributed by atoms with E-state index in [0.29, 0.717) is 26.1 Å². The fraction of sp³-hybridized carbons (Fsp3) is 0.520. The molecule has 1 atom stereocenters. The van der Waals surface area contributed by atoms with Crippen LogP contribution >= 0.6 is 0 Å². The molecule has 2 saturated heterocycles. The van der Waals surface area contributed by atoms with Crippen molar-refractivity contribution in [1.29, 1.82) is 0 Å². The summed E-state index contributed by atoms with van der Waals surface area (Å²) >= 11 is 0. The molecule has 0 bridgehead atoms. The predicted octanol–water partition coefficient (Wildman–Crippen LogP) is 1.90. The molecular weight excluding hydrogens is 416 g/mol. The van der Waals surface area contributed by atoms with Crippen LogP contribution in [-0.4, -0.2) is 96.4 Å². The Labute approximate surface area is 196 Å². The second-order valence-electron chi connectivity index (χ2n) is 9.23. The highest BCUT2D eigenvalue weighted by Gasteiger charge is 2.37. The summed E-state index contributed by atoms with van der Waals surface area (Å²) in [5, 5.41) is 0. The van der Waals surface area contributed by atoms with Crippen LogP contribution in [-0.2, 0) is 9.59 Å². The summed E-state index contributed by atoms with van der Waals surface area (Å²) in [5.74, 6) is 1.65. The molecule has 0 N–H and O–H groups in total. The zero-order valence-electron chi connectivity index (χ0n) is 19.9. The average molecular weight is 451 g/mol. The highest BCUT2D eigenvalue weighted by atomic mass is 16.2. The van der Waals surface area contributed by atoms with Gasteiger partial charge in [-0.1, -0.05) is 30.3 Å². The predicted molar refractivity (Wildman–Crippen MR) is 129 cm³/mol. The van der Waals surface area contributed by atoms with Crippen LogP contribution in [0.5, 0.6) is 0 Å². The van der Waals surface area contributed by atoms with Crippen molar-refractivity contribution in [3.63, 3.8) is 0 Å². The molecule has 8 heteroatoms. The van der Waals surface area contributed by atoms with E-state index in [1.807, 2.05) is 55.1 Å². The third-order valence-electron chi connectivity index (χ3n) is 6.41. The largest absolute Gasteiger partial charge is 0.353 e. The first-order chi connectivity index (χ1) is 15.9. The number of carbonyl (C=O) groups excluding carboxylic acids is 2. The number of benzene rings is 1. The van der Waals surface area contributed by atoms with Crippen molar-refractivity contribution < 1.29 is 9.59 Å². The molecule has 0 saturated carbocycles. The van der Waals surface area contributed by atoms with E-state index in [0.717, 1.165) is 55.5 Å². The molecule has 3 heterocycles. The molecule has 0 aliphatic carbocycles. The first kappa shape index (κ1) is 23.2. The van der Waals surface area contributed by atoms with Gasteiger partial charge in [-0.25, -0.2) is 9.97 Å². The Hall–Kier alpha value is -3.00. The van der Waals surface area contributed by atoms with Crippen molar-refractivity contribution in [2.45, 2.75) is 19.8 Å². The van der Waals surface area contributed by atoms with Gasteiger partial charge in [0.05, 0.1) is 11.6 Å². The number of nitrogens with zero attached hydrogens (tertiary/aromatic N) is 6. The van der Waals surface area contributed by atoms with Gasteiger partial charge in [0.1, 0.15) is 11.6 Å². The third kappa shape index (κ3) is 5.68. The molecule has 2 amide bonds. The van der Waals surface area contributed by atoms with Crippen LogP contribution in [0.4, 0.5) is 5.82 Å². The molecule has 2 aliphatic rings. The topological polar surface area (TPSA) is 72.9 Å². The van der Waals surface area contributed by atoms with Gasteiger partial charge in [-0.2, -0.15) is 0 Å². The Morgan fingerprint density at radius 2 is 1.82 bits per heavy atom. The number of piperazine rings is 1. The summed E-state index contributed by atoms with van der Waals surface area (Å²) in [6, 6.07) is 12.1. The molecule has 2 aliphatic heterocycles. The number of hydrogen-bond acceptors (Lipinski definition) is 6. The normalized spacial score (nSPS) is 19.0. The number of hydrogen-bond donors (Lipinski definition) is 0. The third-order valence-corrected chi connectivity index (χ3v) is 6.41. The standard InChI is InChI=1S/C25H34N6O2/c1-19-26-22(20-8-5-4-6-9-20)17-23(27-19)29-12-14-30(15-13-29)25(33)21-16-24(32)31(18-21)11-7-10-28(2)3/h4-6,8-9,17,21H,7,10-16,18H2,1-3H3. The molecule has 1 aromatic heterocycles. The first-order valence-electron chi connectivity index (χ1n) is 11.8. The van der Waals surface area contributed by atoms with Crippen LogP contribution in [0.15, 0.2) is 36.4 Å². The van der Waals surface area contributed by atoms with Crippen LogP contribution in [0.25, 0.3) is 11.3 Å². The molecule has 1 unspecified atom stereocenters. The van der Waals surface area contributed by atoms with Crippen LogP contribution in [0.1, 0.15) is 18.7 Å². The minimum absolute atomic E-state index is 0.107. The Kier molecular flexibility index (Phi) is 7.23. The number of aryl methyl sites for hydroxylation is 1. The van der Waals surface area contributed by atoms with E-state index in [1.54, 1.807) is 0 Å². The highest BCUT2D eigenvalue weighted by Crippen LogP contribution is 2.24. The van der Waals surface area contributed by atoms with Crippen molar-refractivity contribution in [3.8, 4) is 11.3 Å². The van der Waals surface area contributed by atoms with Gasteiger partial charge >= 0.3 is 0 Å².